The molecule has 6 rings (SSSR count). The van der Waals surface area contributed by atoms with E-state index in [0.717, 1.165) is 53.6 Å². The number of nitrogens with one attached hydrogen (secondary N) is 1. The zero-order valence-corrected chi connectivity index (χ0v) is 20.9. The third kappa shape index (κ3) is 5.30. The number of likely N-dealkylation sites (tertiary alicyclic amines) is 1. The number of pyridine rings is 1. The number of nitrogens with zero attached hydrogens (tertiary/aromatic N) is 4. The highest BCUT2D eigenvalue weighted by molar-refractivity contribution is 7.18. The van der Waals surface area contributed by atoms with E-state index in [9.17, 15) is 0 Å². The second kappa shape index (κ2) is 10.6. The molecule has 36 heavy (non-hydrogen) atoms. The van der Waals surface area contributed by atoms with Crippen molar-refractivity contribution in [2.45, 2.75) is 25.4 Å². The molecule has 1 aliphatic rings. The first-order chi connectivity index (χ1) is 17.8. The minimum atomic E-state index is 0.311. The summed E-state index contributed by atoms with van der Waals surface area (Å²) < 4.78 is 0. The van der Waals surface area contributed by atoms with Crippen LogP contribution in [0.2, 0.25) is 0 Å². The fourth-order valence-electron chi connectivity index (χ4n) is 5.15. The fraction of sp³-hybridized carbons (Fsp3) is 0.233. The first kappa shape index (κ1) is 22.8. The molecule has 1 saturated heterocycles. The predicted molar refractivity (Wildman–Crippen MR) is 148 cm³/mol. The van der Waals surface area contributed by atoms with Gasteiger partial charge in [0.2, 0.25) is 5.13 Å². The molecule has 2 atom stereocenters. The van der Waals surface area contributed by atoms with Crippen molar-refractivity contribution < 1.29 is 0 Å². The zero-order chi connectivity index (χ0) is 24.2. The SMILES string of the molecule is c1ccc(C[C@H]2CCN(Cc3ccccc3)C[C@H]2Nc2nnc(-c3ccc4cnccc4c3)s2)cc1. The van der Waals surface area contributed by atoms with E-state index >= 15 is 0 Å². The van der Waals surface area contributed by atoms with Gasteiger partial charge in [0, 0.05) is 42.5 Å². The van der Waals surface area contributed by atoms with Crippen molar-refractivity contribution in [2.24, 2.45) is 5.92 Å². The maximum atomic E-state index is 4.54. The lowest BCUT2D eigenvalue weighted by molar-refractivity contribution is 0.162. The van der Waals surface area contributed by atoms with E-state index in [1.165, 1.54) is 16.5 Å². The van der Waals surface area contributed by atoms with Crippen LogP contribution in [0.4, 0.5) is 5.13 Å². The molecule has 3 aromatic carbocycles. The normalized spacial score (nSPS) is 18.3. The quantitative estimate of drug-likeness (QED) is 0.290. The van der Waals surface area contributed by atoms with E-state index in [2.05, 4.69) is 104 Å². The lowest BCUT2D eigenvalue weighted by Gasteiger charge is -2.39. The second-order valence-corrected chi connectivity index (χ2v) is 10.5. The molecule has 6 heteroatoms. The number of rotatable bonds is 7. The van der Waals surface area contributed by atoms with Crippen molar-refractivity contribution in [3.8, 4) is 10.6 Å². The standard InChI is InChI=1S/C30H29N5S/c1-3-7-22(8-4-1)17-25-14-16-35(20-23-9-5-2-6-10-23)21-28(25)32-30-34-33-29(36-30)26-11-12-27-19-31-15-13-24(27)18-26/h1-13,15,18-19,25,28H,14,16-17,20-21H2,(H,32,34)/t25-,28-/m1/s1. The van der Waals surface area contributed by atoms with Crippen molar-refractivity contribution in [3.63, 3.8) is 0 Å². The Bertz CT molecular complexity index is 1420. The highest BCUT2D eigenvalue weighted by atomic mass is 32.1. The van der Waals surface area contributed by atoms with Gasteiger partial charge in [-0.05, 0) is 54.0 Å². The van der Waals surface area contributed by atoms with Crippen LogP contribution in [0.25, 0.3) is 21.3 Å². The number of hydrogen-bond donors (Lipinski definition) is 1. The van der Waals surface area contributed by atoms with E-state index in [1.54, 1.807) is 11.3 Å². The van der Waals surface area contributed by atoms with E-state index < -0.39 is 0 Å². The predicted octanol–water partition coefficient (Wildman–Crippen LogP) is 6.30. The van der Waals surface area contributed by atoms with Crippen molar-refractivity contribution in [2.75, 3.05) is 18.4 Å². The van der Waals surface area contributed by atoms with Gasteiger partial charge in [-0.1, -0.05) is 84.1 Å². The third-order valence-corrected chi connectivity index (χ3v) is 7.95. The minimum absolute atomic E-state index is 0.311. The van der Waals surface area contributed by atoms with Crippen molar-refractivity contribution in [1.82, 2.24) is 20.1 Å². The number of fused-ring (bicyclic) bond motifs is 1. The van der Waals surface area contributed by atoms with Crippen LogP contribution in [0.3, 0.4) is 0 Å². The van der Waals surface area contributed by atoms with Crippen LogP contribution in [0, 0.1) is 5.92 Å². The molecule has 1 N–H and O–H groups in total. The summed E-state index contributed by atoms with van der Waals surface area (Å²) >= 11 is 1.63. The molecule has 0 bridgehead atoms. The first-order valence-electron chi connectivity index (χ1n) is 12.5. The largest absolute Gasteiger partial charge is 0.356 e. The van der Waals surface area contributed by atoms with Crippen LogP contribution >= 0.6 is 11.3 Å². The highest BCUT2D eigenvalue weighted by Gasteiger charge is 2.30. The van der Waals surface area contributed by atoms with Crippen LogP contribution in [-0.2, 0) is 13.0 Å². The van der Waals surface area contributed by atoms with Gasteiger partial charge in [0.05, 0.1) is 0 Å². The smallest absolute Gasteiger partial charge is 0.206 e. The first-order valence-corrected chi connectivity index (χ1v) is 13.4. The van der Waals surface area contributed by atoms with Gasteiger partial charge >= 0.3 is 0 Å². The summed E-state index contributed by atoms with van der Waals surface area (Å²) in [5.41, 5.74) is 3.85. The average Bonchev–Trinajstić information content (AvgIpc) is 3.40. The van der Waals surface area contributed by atoms with Gasteiger partial charge in [0.25, 0.3) is 0 Å². The minimum Gasteiger partial charge on any atom is -0.356 e. The molecule has 1 aliphatic heterocycles. The highest BCUT2D eigenvalue weighted by Crippen LogP contribution is 2.31. The number of piperidine rings is 1. The molecule has 0 radical (unpaired) electrons. The Morgan fingerprint density at radius 1 is 0.861 bits per heavy atom. The van der Waals surface area contributed by atoms with E-state index in [1.807, 2.05) is 18.5 Å². The molecule has 0 saturated carbocycles. The van der Waals surface area contributed by atoms with Gasteiger partial charge in [-0.2, -0.15) is 0 Å². The summed E-state index contributed by atoms with van der Waals surface area (Å²) in [5, 5.41) is 17.0. The number of hydrogen-bond acceptors (Lipinski definition) is 6. The maximum absolute atomic E-state index is 4.54. The molecule has 0 aliphatic carbocycles. The Balaban J connectivity index is 1.21. The number of benzene rings is 3. The van der Waals surface area contributed by atoms with Crippen LogP contribution < -0.4 is 5.32 Å². The van der Waals surface area contributed by atoms with Crippen molar-refractivity contribution in [1.29, 1.82) is 0 Å². The van der Waals surface area contributed by atoms with Gasteiger partial charge in [0.1, 0.15) is 5.01 Å². The van der Waals surface area contributed by atoms with Crippen LogP contribution in [0.1, 0.15) is 17.5 Å². The molecule has 3 heterocycles. The molecule has 0 spiro atoms. The molecule has 1 fully saturated rings. The zero-order valence-electron chi connectivity index (χ0n) is 20.1. The Morgan fingerprint density at radius 2 is 1.67 bits per heavy atom. The Hall–Kier alpha value is -3.61. The topological polar surface area (TPSA) is 53.9 Å². The second-order valence-electron chi connectivity index (χ2n) is 9.56. The molecule has 5 nitrogen and oxygen atoms in total. The summed E-state index contributed by atoms with van der Waals surface area (Å²) in [6.07, 6.45) is 5.95. The Morgan fingerprint density at radius 3 is 2.50 bits per heavy atom. The molecule has 180 valence electrons. The van der Waals surface area contributed by atoms with Gasteiger partial charge < -0.3 is 5.32 Å². The van der Waals surface area contributed by atoms with Gasteiger partial charge in [0.15, 0.2) is 0 Å². The molecule has 0 amide bonds. The molecular formula is C30H29N5S. The summed E-state index contributed by atoms with van der Waals surface area (Å²) in [5.74, 6) is 0.542. The van der Waals surface area contributed by atoms with Crippen molar-refractivity contribution >= 4 is 27.2 Å². The van der Waals surface area contributed by atoms with E-state index in [4.69, 9.17) is 0 Å². The molecular weight excluding hydrogens is 462 g/mol. The summed E-state index contributed by atoms with van der Waals surface area (Å²) in [7, 11) is 0. The average molecular weight is 492 g/mol. The maximum Gasteiger partial charge on any atom is 0.206 e. The van der Waals surface area contributed by atoms with Crippen molar-refractivity contribution in [3.05, 3.63) is 108 Å². The fourth-order valence-corrected chi connectivity index (χ4v) is 5.95. The molecule has 0 unspecified atom stereocenters. The van der Waals surface area contributed by atoms with E-state index in [-0.39, 0.29) is 0 Å². The molecule has 2 aromatic heterocycles. The number of aromatic nitrogens is 3. The monoisotopic (exact) mass is 491 g/mol. The number of anilines is 1. The van der Waals surface area contributed by atoms with Gasteiger partial charge in [-0.25, -0.2) is 0 Å². The van der Waals surface area contributed by atoms with Crippen LogP contribution in [0.5, 0.6) is 0 Å². The summed E-state index contributed by atoms with van der Waals surface area (Å²) in [4.78, 5) is 6.78. The lowest BCUT2D eigenvalue weighted by Crippen LogP contribution is -2.47. The third-order valence-electron chi connectivity index (χ3n) is 7.05. The molecule has 5 aromatic rings. The Labute approximate surface area is 215 Å². The lowest BCUT2D eigenvalue weighted by atomic mass is 9.86. The van der Waals surface area contributed by atoms with Crippen LogP contribution in [-0.4, -0.2) is 39.2 Å². The van der Waals surface area contributed by atoms with E-state index in [0.29, 0.717) is 12.0 Å². The summed E-state index contributed by atoms with van der Waals surface area (Å²) in [6.45, 7) is 3.08. The van der Waals surface area contributed by atoms with Gasteiger partial charge in [-0.3, -0.25) is 9.88 Å². The Kier molecular flexibility index (Phi) is 6.70. The van der Waals surface area contributed by atoms with Crippen LogP contribution in [0.15, 0.2) is 97.3 Å². The van der Waals surface area contributed by atoms with Gasteiger partial charge in [-0.15, -0.1) is 10.2 Å². The summed E-state index contributed by atoms with van der Waals surface area (Å²) in [6, 6.07) is 30.3.